The van der Waals surface area contributed by atoms with E-state index < -0.39 is 17.7 Å². The lowest BCUT2D eigenvalue weighted by Gasteiger charge is -2.25. The first-order valence-corrected chi connectivity index (χ1v) is 8.55. The van der Waals surface area contributed by atoms with E-state index in [9.17, 15) is 14.7 Å². The van der Waals surface area contributed by atoms with Crippen molar-refractivity contribution in [2.24, 2.45) is 5.92 Å². The monoisotopic (exact) mass is 333 g/mol. The highest BCUT2D eigenvalue weighted by atomic mass is 16.3. The molecule has 1 heterocycles. The molecule has 1 aliphatic heterocycles. The molecule has 1 N–H and O–H groups in total. The Balaban J connectivity index is 1.85. The number of carbonyl (C=O) groups excluding carboxylic acids is 2. The zero-order valence-electron chi connectivity index (χ0n) is 13.8. The lowest BCUT2D eigenvalue weighted by molar-refractivity contribution is -0.140. The van der Waals surface area contributed by atoms with Crippen LogP contribution < -0.4 is 0 Å². The number of amides is 1. The Morgan fingerprint density at radius 3 is 2.16 bits per heavy atom. The number of aliphatic hydroxyl groups excluding tert-OH is 1. The molecule has 1 unspecified atom stereocenters. The quantitative estimate of drug-likeness (QED) is 0.529. The number of likely N-dealkylation sites (tertiary alicyclic amines) is 1. The van der Waals surface area contributed by atoms with Crippen molar-refractivity contribution in [3.05, 3.63) is 77.4 Å². The smallest absolute Gasteiger partial charge is 0.295 e. The fraction of sp³-hybridized carbons (Fsp3) is 0.238. The Hall–Kier alpha value is -2.88. The minimum absolute atomic E-state index is 0.105. The van der Waals surface area contributed by atoms with Crippen LogP contribution in [0.4, 0.5) is 0 Å². The summed E-state index contributed by atoms with van der Waals surface area (Å²) in [5, 5.41) is 10.8. The maximum absolute atomic E-state index is 12.7. The highest BCUT2D eigenvalue weighted by Crippen LogP contribution is 2.42. The van der Waals surface area contributed by atoms with Crippen molar-refractivity contribution in [1.29, 1.82) is 0 Å². The minimum Gasteiger partial charge on any atom is -0.507 e. The van der Waals surface area contributed by atoms with Crippen LogP contribution in [-0.4, -0.2) is 28.2 Å². The van der Waals surface area contributed by atoms with Crippen LogP contribution in [0, 0.1) is 5.92 Å². The van der Waals surface area contributed by atoms with Crippen LogP contribution >= 0.6 is 0 Å². The first-order valence-electron chi connectivity index (χ1n) is 8.55. The van der Waals surface area contributed by atoms with Gasteiger partial charge in [0.1, 0.15) is 5.76 Å². The van der Waals surface area contributed by atoms with Gasteiger partial charge in [-0.15, -0.1) is 0 Å². The van der Waals surface area contributed by atoms with Crippen LogP contribution in [0.2, 0.25) is 0 Å². The van der Waals surface area contributed by atoms with Crippen LogP contribution in [0.15, 0.2) is 66.2 Å². The lowest BCUT2D eigenvalue weighted by Crippen LogP contribution is -2.31. The number of hydrogen-bond acceptors (Lipinski definition) is 3. The molecule has 0 spiro atoms. The minimum atomic E-state index is -0.601. The van der Waals surface area contributed by atoms with E-state index in [0.29, 0.717) is 18.0 Å². The number of Topliss-reactive ketones (excluding diaryl/α,β-unsaturated/α-hetero) is 1. The standard InChI is InChI=1S/C21H19NO3/c23-19(16-9-5-2-6-10-16)17-18(15-7-3-1-4-8-15)22(13-14-11-12-14)21(25)20(17)24/h1-10,14,18,23H,11-13H2/b19-17-. The van der Waals surface area contributed by atoms with E-state index in [4.69, 9.17) is 0 Å². The van der Waals surface area contributed by atoms with Gasteiger partial charge in [0.2, 0.25) is 0 Å². The second-order valence-electron chi connectivity index (χ2n) is 6.67. The summed E-state index contributed by atoms with van der Waals surface area (Å²) >= 11 is 0. The van der Waals surface area contributed by atoms with Gasteiger partial charge in [-0.1, -0.05) is 60.7 Å². The average Bonchev–Trinajstić information content (AvgIpc) is 3.44. The molecule has 1 saturated heterocycles. The highest BCUT2D eigenvalue weighted by molar-refractivity contribution is 6.46. The molecule has 2 aromatic rings. The molecule has 0 radical (unpaired) electrons. The third-order valence-electron chi connectivity index (χ3n) is 4.85. The summed E-state index contributed by atoms with van der Waals surface area (Å²) in [6.45, 7) is 0.565. The number of aliphatic hydroxyl groups is 1. The number of benzene rings is 2. The Labute approximate surface area is 146 Å². The molecule has 4 heteroatoms. The summed E-state index contributed by atoms with van der Waals surface area (Å²) < 4.78 is 0. The number of nitrogens with zero attached hydrogens (tertiary/aromatic N) is 1. The van der Waals surface area contributed by atoms with Crippen molar-refractivity contribution >= 4 is 17.4 Å². The summed E-state index contributed by atoms with van der Waals surface area (Å²) in [4.78, 5) is 27.0. The van der Waals surface area contributed by atoms with Gasteiger partial charge < -0.3 is 10.0 Å². The predicted molar refractivity (Wildman–Crippen MR) is 94.6 cm³/mol. The zero-order valence-corrected chi connectivity index (χ0v) is 13.8. The second kappa shape index (κ2) is 6.20. The molecule has 1 aliphatic carbocycles. The maximum atomic E-state index is 12.7. The van der Waals surface area contributed by atoms with Crippen LogP contribution in [0.3, 0.4) is 0 Å². The molecule has 1 saturated carbocycles. The normalized spacial score (nSPS) is 22.4. The first kappa shape index (κ1) is 15.6. The fourth-order valence-corrected chi connectivity index (χ4v) is 3.38. The van der Waals surface area contributed by atoms with Crippen LogP contribution in [-0.2, 0) is 9.59 Å². The molecule has 1 atom stereocenters. The molecule has 2 aliphatic rings. The Morgan fingerprint density at radius 1 is 0.960 bits per heavy atom. The fourth-order valence-electron chi connectivity index (χ4n) is 3.38. The molecule has 126 valence electrons. The van der Waals surface area contributed by atoms with E-state index in [2.05, 4.69) is 0 Å². The van der Waals surface area contributed by atoms with Gasteiger partial charge in [0.15, 0.2) is 0 Å². The SMILES string of the molecule is O=C1C(=O)N(CC2CC2)C(c2ccccc2)/C1=C(/O)c1ccccc1. The third-order valence-corrected chi connectivity index (χ3v) is 4.85. The molecule has 4 rings (SSSR count). The van der Waals surface area contributed by atoms with E-state index in [1.807, 2.05) is 36.4 Å². The maximum Gasteiger partial charge on any atom is 0.295 e. The van der Waals surface area contributed by atoms with Crippen molar-refractivity contribution in [1.82, 2.24) is 4.90 Å². The Bertz CT molecular complexity index is 838. The lowest BCUT2D eigenvalue weighted by atomic mass is 9.95. The topological polar surface area (TPSA) is 57.6 Å². The van der Waals surface area contributed by atoms with Gasteiger partial charge in [0.25, 0.3) is 11.7 Å². The first-order chi connectivity index (χ1) is 12.2. The molecule has 2 fully saturated rings. The Morgan fingerprint density at radius 2 is 1.56 bits per heavy atom. The van der Waals surface area contributed by atoms with Gasteiger partial charge in [0, 0.05) is 12.1 Å². The van der Waals surface area contributed by atoms with Crippen molar-refractivity contribution < 1.29 is 14.7 Å². The van der Waals surface area contributed by atoms with Gasteiger partial charge >= 0.3 is 0 Å². The van der Waals surface area contributed by atoms with Crippen LogP contribution in [0.5, 0.6) is 0 Å². The average molecular weight is 333 g/mol. The van der Waals surface area contributed by atoms with Crippen molar-refractivity contribution in [3.63, 3.8) is 0 Å². The van der Waals surface area contributed by atoms with Crippen molar-refractivity contribution in [3.8, 4) is 0 Å². The molecule has 0 bridgehead atoms. The van der Waals surface area contributed by atoms with E-state index in [1.54, 1.807) is 29.2 Å². The molecule has 4 nitrogen and oxygen atoms in total. The molecule has 1 amide bonds. The van der Waals surface area contributed by atoms with Gasteiger partial charge in [-0.25, -0.2) is 0 Å². The number of rotatable bonds is 4. The number of hydrogen-bond donors (Lipinski definition) is 1. The van der Waals surface area contributed by atoms with E-state index in [0.717, 1.165) is 18.4 Å². The predicted octanol–water partition coefficient (Wildman–Crippen LogP) is 3.52. The third kappa shape index (κ3) is 2.84. The second-order valence-corrected chi connectivity index (χ2v) is 6.67. The summed E-state index contributed by atoms with van der Waals surface area (Å²) in [5.41, 5.74) is 1.58. The van der Waals surface area contributed by atoms with Crippen LogP contribution in [0.1, 0.15) is 30.0 Å². The summed E-state index contributed by atoms with van der Waals surface area (Å²) in [7, 11) is 0. The highest BCUT2D eigenvalue weighted by Gasteiger charge is 2.47. The molecule has 2 aromatic carbocycles. The van der Waals surface area contributed by atoms with Crippen molar-refractivity contribution in [2.45, 2.75) is 18.9 Å². The van der Waals surface area contributed by atoms with E-state index in [-0.39, 0.29) is 11.3 Å². The van der Waals surface area contributed by atoms with Gasteiger partial charge in [0.05, 0.1) is 11.6 Å². The molecular formula is C21H19NO3. The van der Waals surface area contributed by atoms with Crippen LogP contribution in [0.25, 0.3) is 5.76 Å². The molecule has 25 heavy (non-hydrogen) atoms. The van der Waals surface area contributed by atoms with Crippen molar-refractivity contribution in [2.75, 3.05) is 6.54 Å². The zero-order chi connectivity index (χ0) is 17.4. The van der Waals surface area contributed by atoms with E-state index in [1.165, 1.54) is 0 Å². The largest absolute Gasteiger partial charge is 0.507 e. The molecule has 0 aromatic heterocycles. The van der Waals surface area contributed by atoms with Gasteiger partial charge in [-0.2, -0.15) is 0 Å². The summed E-state index contributed by atoms with van der Waals surface area (Å²) in [6, 6.07) is 17.9. The summed E-state index contributed by atoms with van der Waals surface area (Å²) in [5.74, 6) is -0.763. The van der Waals surface area contributed by atoms with Gasteiger partial charge in [-0.3, -0.25) is 9.59 Å². The van der Waals surface area contributed by atoms with Gasteiger partial charge in [-0.05, 0) is 24.3 Å². The molecular weight excluding hydrogens is 314 g/mol. The number of ketones is 1. The summed E-state index contributed by atoms with van der Waals surface area (Å²) in [6.07, 6.45) is 2.17. The Kier molecular flexibility index (Phi) is 3.88. The number of carbonyl (C=O) groups is 2. The van der Waals surface area contributed by atoms with E-state index >= 15 is 0 Å².